The number of nitrogens with zero attached hydrogens (tertiary/aromatic N) is 2. The van der Waals surface area contributed by atoms with Crippen molar-refractivity contribution in [3.8, 4) is 11.3 Å². The van der Waals surface area contributed by atoms with Crippen molar-refractivity contribution in [1.29, 1.82) is 0 Å². The van der Waals surface area contributed by atoms with Gasteiger partial charge in [-0.2, -0.15) is 5.10 Å². The van der Waals surface area contributed by atoms with Crippen molar-refractivity contribution >= 4 is 17.7 Å². The molecule has 2 aliphatic rings. The topological polar surface area (TPSA) is 70.2 Å². The quantitative estimate of drug-likeness (QED) is 0.698. The Morgan fingerprint density at radius 1 is 1.23 bits per heavy atom. The lowest BCUT2D eigenvalue weighted by atomic mass is 9.90. The molecule has 0 spiro atoms. The van der Waals surface area contributed by atoms with Crippen LogP contribution in [0.15, 0.2) is 35.4 Å². The molecule has 1 aromatic carbocycles. The number of thioether (sulfide) groups is 1. The van der Waals surface area contributed by atoms with E-state index in [1.807, 2.05) is 31.2 Å². The molecule has 1 aromatic heterocycles. The Morgan fingerprint density at radius 3 is 2.53 bits per heavy atom. The summed E-state index contributed by atoms with van der Waals surface area (Å²) in [5.41, 5.74) is 4.34. The highest BCUT2D eigenvalue weighted by molar-refractivity contribution is 8.02. The zero-order chi connectivity index (χ0) is 21.7. The summed E-state index contributed by atoms with van der Waals surface area (Å²) in [6.07, 6.45) is 2.05. The van der Waals surface area contributed by atoms with Gasteiger partial charge in [-0.3, -0.25) is 5.10 Å². The fraction of sp³-hybridized carbons (Fsp3) is 0.455. The molecule has 2 aliphatic heterocycles. The van der Waals surface area contributed by atoms with Crippen LogP contribution in [0.5, 0.6) is 0 Å². The molecule has 1 saturated heterocycles. The zero-order valence-corrected chi connectivity index (χ0v) is 18.7. The van der Waals surface area contributed by atoms with Crippen LogP contribution >= 0.6 is 11.8 Å². The van der Waals surface area contributed by atoms with Crippen molar-refractivity contribution in [2.45, 2.75) is 38.0 Å². The Hall–Kier alpha value is -2.32. The molecule has 30 heavy (non-hydrogen) atoms. The third kappa shape index (κ3) is 4.39. The van der Waals surface area contributed by atoms with Crippen molar-refractivity contribution in [3.63, 3.8) is 0 Å². The lowest BCUT2D eigenvalue weighted by Crippen LogP contribution is -2.28. The summed E-state index contributed by atoms with van der Waals surface area (Å²) in [6, 6.07) is 6.38. The number of nitrogens with one attached hydrogen (secondary N) is 2. The molecule has 1 fully saturated rings. The molecule has 6 nitrogen and oxygen atoms in total. The van der Waals surface area contributed by atoms with E-state index in [-0.39, 0.29) is 17.2 Å². The number of hydrogen-bond acceptors (Lipinski definition) is 6. The van der Waals surface area contributed by atoms with Gasteiger partial charge in [-0.15, -0.1) is 11.8 Å². The first-order valence-electron chi connectivity index (χ1n) is 10.3. The Bertz CT molecular complexity index is 891. The number of hydrogen-bond donors (Lipinski definition) is 2. The van der Waals surface area contributed by atoms with E-state index in [9.17, 15) is 9.18 Å². The first-order chi connectivity index (χ1) is 14.6. The summed E-state index contributed by atoms with van der Waals surface area (Å²) >= 11 is 1.56. The molecular weight excluding hydrogens is 403 g/mol. The average Bonchev–Trinajstić information content (AvgIpc) is 3.39. The molecule has 4 rings (SSSR count). The molecular formula is C22H29FN4O2S. The molecule has 8 heteroatoms. The summed E-state index contributed by atoms with van der Waals surface area (Å²) in [5, 5.41) is 13.0. The summed E-state index contributed by atoms with van der Waals surface area (Å²) in [7, 11) is 3.28. The summed E-state index contributed by atoms with van der Waals surface area (Å²) in [6.45, 7) is 5.93. The van der Waals surface area contributed by atoms with E-state index in [4.69, 9.17) is 4.74 Å². The smallest absolute Gasteiger partial charge is 0.354 e. The molecule has 3 heterocycles. The highest BCUT2D eigenvalue weighted by Crippen LogP contribution is 2.47. The third-order valence-corrected chi connectivity index (χ3v) is 6.55. The molecule has 162 valence electrons. The second-order valence-corrected chi connectivity index (χ2v) is 7.98. The SMILES string of the molecule is CC.COC(=O)C1=CSC(c2c(-c3ccc(F)cc3)n[nH]c2C2CCNCC2)N1C. The molecule has 1 atom stereocenters. The van der Waals surface area contributed by atoms with Crippen molar-refractivity contribution in [2.24, 2.45) is 0 Å². The number of ether oxygens (including phenoxy) is 1. The molecule has 0 radical (unpaired) electrons. The minimum absolute atomic E-state index is 0.0993. The molecule has 0 aliphatic carbocycles. The molecule has 1 unspecified atom stereocenters. The Morgan fingerprint density at radius 2 is 1.90 bits per heavy atom. The first kappa shape index (κ1) is 22.4. The van der Waals surface area contributed by atoms with E-state index in [1.54, 1.807) is 23.9 Å². The van der Waals surface area contributed by atoms with Crippen molar-refractivity contribution in [3.05, 3.63) is 52.4 Å². The minimum Gasteiger partial charge on any atom is -0.464 e. The fourth-order valence-electron chi connectivity index (χ4n) is 3.85. The maximum absolute atomic E-state index is 13.4. The molecule has 2 N–H and O–H groups in total. The second kappa shape index (κ2) is 10.1. The highest BCUT2D eigenvalue weighted by atomic mass is 32.2. The van der Waals surface area contributed by atoms with Gasteiger partial charge in [-0.05, 0) is 50.2 Å². The van der Waals surface area contributed by atoms with E-state index in [0.717, 1.165) is 48.4 Å². The van der Waals surface area contributed by atoms with Gasteiger partial charge in [0, 0.05) is 35.2 Å². The van der Waals surface area contributed by atoms with E-state index < -0.39 is 0 Å². The number of halogens is 1. The molecule has 0 saturated carbocycles. The number of carbonyl (C=O) groups excluding carboxylic acids is 1. The number of H-pyrrole nitrogens is 1. The number of carbonyl (C=O) groups is 1. The Kier molecular flexibility index (Phi) is 7.55. The maximum Gasteiger partial charge on any atom is 0.354 e. The van der Waals surface area contributed by atoms with Crippen LogP contribution in [0.2, 0.25) is 0 Å². The molecule has 0 bridgehead atoms. The van der Waals surface area contributed by atoms with Gasteiger partial charge in [0.15, 0.2) is 0 Å². The standard InChI is InChI=1S/C20H23FN4O2S.C2H6/c1-25-15(20(26)27-2)11-28-19(25)16-17(12-3-5-14(21)6-4-12)23-24-18(16)13-7-9-22-10-8-13;1-2/h3-6,11,13,19,22H,7-10H2,1-2H3,(H,23,24);1-2H3. The van der Waals surface area contributed by atoms with Crippen LogP contribution in [0.25, 0.3) is 11.3 Å². The van der Waals surface area contributed by atoms with Gasteiger partial charge < -0.3 is 15.0 Å². The minimum atomic E-state index is -0.354. The van der Waals surface area contributed by atoms with Crippen molar-refractivity contribution in [1.82, 2.24) is 20.4 Å². The van der Waals surface area contributed by atoms with Crippen molar-refractivity contribution < 1.29 is 13.9 Å². The predicted molar refractivity (Wildman–Crippen MR) is 118 cm³/mol. The number of aromatic amines is 1. The summed E-state index contributed by atoms with van der Waals surface area (Å²) in [5.74, 6) is -0.261. The largest absolute Gasteiger partial charge is 0.464 e. The van der Waals surface area contributed by atoms with Gasteiger partial charge in [0.1, 0.15) is 16.9 Å². The van der Waals surface area contributed by atoms with Gasteiger partial charge in [-0.1, -0.05) is 13.8 Å². The number of esters is 1. The van der Waals surface area contributed by atoms with E-state index in [1.165, 1.54) is 19.2 Å². The number of rotatable bonds is 4. The normalized spacial score (nSPS) is 19.2. The van der Waals surface area contributed by atoms with Crippen LogP contribution in [0, 0.1) is 5.82 Å². The zero-order valence-electron chi connectivity index (χ0n) is 17.9. The van der Waals surface area contributed by atoms with Gasteiger partial charge >= 0.3 is 5.97 Å². The van der Waals surface area contributed by atoms with Crippen LogP contribution in [0.4, 0.5) is 4.39 Å². The van der Waals surface area contributed by atoms with Gasteiger partial charge in [-0.25, -0.2) is 9.18 Å². The first-order valence-corrected chi connectivity index (χ1v) is 11.3. The lowest BCUT2D eigenvalue weighted by Gasteiger charge is -2.28. The fourth-order valence-corrected chi connectivity index (χ4v) is 5.04. The monoisotopic (exact) mass is 432 g/mol. The summed E-state index contributed by atoms with van der Waals surface area (Å²) in [4.78, 5) is 14.0. The number of aromatic nitrogens is 2. The van der Waals surface area contributed by atoms with Crippen molar-refractivity contribution in [2.75, 3.05) is 27.2 Å². The predicted octanol–water partition coefficient (Wildman–Crippen LogP) is 4.40. The van der Waals surface area contributed by atoms with Gasteiger partial charge in [0.25, 0.3) is 0 Å². The Labute approximate surface area is 181 Å². The van der Waals surface area contributed by atoms with Crippen LogP contribution in [-0.2, 0) is 9.53 Å². The van der Waals surface area contributed by atoms with Gasteiger partial charge in [0.05, 0.1) is 12.8 Å². The van der Waals surface area contributed by atoms with Crippen LogP contribution < -0.4 is 5.32 Å². The summed E-state index contributed by atoms with van der Waals surface area (Å²) < 4.78 is 18.3. The average molecular weight is 433 g/mol. The maximum atomic E-state index is 13.4. The van der Waals surface area contributed by atoms with E-state index in [0.29, 0.717) is 11.6 Å². The van der Waals surface area contributed by atoms with Crippen LogP contribution in [-0.4, -0.2) is 48.3 Å². The van der Waals surface area contributed by atoms with Gasteiger partial charge in [0.2, 0.25) is 0 Å². The third-order valence-electron chi connectivity index (χ3n) is 5.38. The highest BCUT2D eigenvalue weighted by Gasteiger charge is 2.36. The molecule has 0 amide bonds. The number of likely N-dealkylation sites (N-methyl/N-ethyl adjacent to an activating group) is 1. The molecule has 2 aromatic rings. The van der Waals surface area contributed by atoms with E-state index >= 15 is 0 Å². The Balaban J connectivity index is 0.00000124. The lowest BCUT2D eigenvalue weighted by molar-refractivity contribution is -0.137. The number of methoxy groups -OCH3 is 1. The van der Waals surface area contributed by atoms with Crippen LogP contribution in [0.3, 0.4) is 0 Å². The number of benzene rings is 1. The number of piperidine rings is 1. The van der Waals surface area contributed by atoms with Crippen LogP contribution in [0.1, 0.15) is 49.2 Å². The second-order valence-electron chi connectivity index (χ2n) is 7.02. The van der Waals surface area contributed by atoms with E-state index in [2.05, 4.69) is 15.5 Å².